The maximum absolute atomic E-state index is 13.6. The van der Waals surface area contributed by atoms with E-state index >= 15 is 0 Å². The Balaban J connectivity index is 1.41. The van der Waals surface area contributed by atoms with E-state index in [4.69, 9.17) is 21.1 Å². The van der Waals surface area contributed by atoms with Crippen LogP contribution in [0.4, 0.5) is 0 Å². The molecule has 0 bridgehead atoms. The molecule has 3 fully saturated rings. The summed E-state index contributed by atoms with van der Waals surface area (Å²) in [5, 5.41) is 1.15. The Hall–Kier alpha value is -2.18. The number of carbonyl (C=O) groups is 2. The highest BCUT2D eigenvalue weighted by atomic mass is 35.5. The molecule has 1 atom stereocenters. The number of methoxy groups -OCH3 is 1. The summed E-state index contributed by atoms with van der Waals surface area (Å²) < 4.78 is 40.5. The predicted octanol–water partition coefficient (Wildman–Crippen LogP) is 2.04. The van der Waals surface area contributed by atoms with Crippen LogP contribution in [0.2, 0.25) is 5.02 Å². The molecule has 0 radical (unpaired) electrons. The summed E-state index contributed by atoms with van der Waals surface area (Å²) in [5.41, 5.74) is -1.26. The van der Waals surface area contributed by atoms with Gasteiger partial charge in [-0.3, -0.25) is 9.59 Å². The summed E-state index contributed by atoms with van der Waals surface area (Å²) in [6.45, 7) is 4.84. The number of H-pyrrole nitrogens is 1. The van der Waals surface area contributed by atoms with Crippen LogP contribution in [-0.4, -0.2) is 97.1 Å². The van der Waals surface area contributed by atoms with Crippen molar-refractivity contribution < 1.29 is 27.5 Å². The van der Waals surface area contributed by atoms with Crippen LogP contribution < -0.4 is 0 Å². The van der Waals surface area contributed by atoms with Gasteiger partial charge in [-0.1, -0.05) is 25.4 Å². The molecule has 10 nitrogen and oxygen atoms in total. The monoisotopic (exact) mass is 538 g/mol. The van der Waals surface area contributed by atoms with Crippen molar-refractivity contribution in [3.63, 3.8) is 0 Å². The first-order valence-electron chi connectivity index (χ1n) is 12.1. The molecule has 1 spiro atoms. The number of sulfonamides is 1. The van der Waals surface area contributed by atoms with Gasteiger partial charge in [0.25, 0.3) is 10.0 Å². The Morgan fingerprint density at radius 3 is 2.61 bits per heavy atom. The molecule has 1 aromatic carbocycles. The zero-order valence-corrected chi connectivity index (χ0v) is 22.2. The number of ether oxygens (including phenoxy) is 2. The Bertz CT molecular complexity index is 1300. The largest absolute Gasteiger partial charge is 0.380 e. The van der Waals surface area contributed by atoms with E-state index < -0.39 is 21.3 Å². The number of aromatic amines is 1. The van der Waals surface area contributed by atoms with E-state index in [0.29, 0.717) is 48.4 Å². The number of benzene rings is 1. The SMILES string of the molecule is COCC12CN(S(=O)(=O)c3cc4cc(Cl)ccc4[nH]3)CC(=O)N1CC1(CCN(C(=O)C(C)C)CC1)O2. The number of piperazine rings is 1. The van der Waals surface area contributed by atoms with Crippen LogP contribution in [0.3, 0.4) is 0 Å². The van der Waals surface area contributed by atoms with E-state index in [1.165, 1.54) is 13.2 Å². The van der Waals surface area contributed by atoms with Crippen LogP contribution in [-0.2, 0) is 29.1 Å². The number of nitrogens with one attached hydrogen (secondary N) is 1. The van der Waals surface area contributed by atoms with Crippen molar-refractivity contribution in [3.05, 3.63) is 29.3 Å². The Morgan fingerprint density at radius 2 is 1.94 bits per heavy atom. The van der Waals surface area contributed by atoms with Gasteiger partial charge in [0.15, 0.2) is 5.72 Å². The number of likely N-dealkylation sites (tertiary alicyclic amines) is 1. The Labute approximate surface area is 215 Å². The van der Waals surface area contributed by atoms with E-state index in [1.807, 2.05) is 18.7 Å². The van der Waals surface area contributed by atoms with E-state index in [0.717, 1.165) is 4.31 Å². The minimum absolute atomic E-state index is 0.0122. The third-order valence-electron chi connectivity index (χ3n) is 7.41. The molecule has 5 rings (SSSR count). The second kappa shape index (κ2) is 8.98. The first-order valence-corrected chi connectivity index (χ1v) is 13.9. The number of carbonyl (C=O) groups excluding carboxylic acids is 2. The lowest BCUT2D eigenvalue weighted by Gasteiger charge is -2.44. The number of nitrogens with zero attached hydrogens (tertiary/aromatic N) is 3. The van der Waals surface area contributed by atoms with Crippen LogP contribution in [0.5, 0.6) is 0 Å². The molecule has 3 aliphatic rings. The van der Waals surface area contributed by atoms with E-state index in [1.54, 1.807) is 23.1 Å². The number of hydrogen-bond acceptors (Lipinski definition) is 6. The fourth-order valence-corrected chi connectivity index (χ4v) is 7.21. The number of rotatable bonds is 5. The summed E-state index contributed by atoms with van der Waals surface area (Å²) in [5.74, 6) is -0.325. The maximum atomic E-state index is 13.6. The van der Waals surface area contributed by atoms with E-state index in [-0.39, 0.29) is 42.5 Å². The highest BCUT2D eigenvalue weighted by Crippen LogP contribution is 2.44. The van der Waals surface area contributed by atoms with Crippen molar-refractivity contribution in [2.75, 3.05) is 46.4 Å². The van der Waals surface area contributed by atoms with Crippen molar-refractivity contribution in [2.24, 2.45) is 5.92 Å². The van der Waals surface area contributed by atoms with Gasteiger partial charge in [0.2, 0.25) is 11.8 Å². The minimum atomic E-state index is -4.04. The maximum Gasteiger partial charge on any atom is 0.259 e. The number of hydrogen-bond donors (Lipinski definition) is 1. The lowest BCUT2D eigenvalue weighted by molar-refractivity contribution is -0.198. The second-order valence-electron chi connectivity index (χ2n) is 10.3. The summed E-state index contributed by atoms with van der Waals surface area (Å²) in [7, 11) is -2.53. The first kappa shape index (κ1) is 25.5. The number of piperidine rings is 1. The van der Waals surface area contributed by atoms with Crippen molar-refractivity contribution in [2.45, 2.75) is 43.0 Å². The average Bonchev–Trinajstić information content (AvgIpc) is 3.39. The van der Waals surface area contributed by atoms with Gasteiger partial charge in [0, 0.05) is 42.0 Å². The van der Waals surface area contributed by atoms with Crippen LogP contribution in [0.1, 0.15) is 26.7 Å². The highest BCUT2D eigenvalue weighted by Gasteiger charge is 2.61. The smallest absolute Gasteiger partial charge is 0.259 e. The van der Waals surface area contributed by atoms with Crippen molar-refractivity contribution >= 4 is 44.3 Å². The molecule has 1 N–H and O–H groups in total. The number of amides is 2. The summed E-state index contributed by atoms with van der Waals surface area (Å²) in [6.07, 6.45) is 1.13. The van der Waals surface area contributed by atoms with Gasteiger partial charge < -0.3 is 24.3 Å². The topological polar surface area (TPSA) is 112 Å². The van der Waals surface area contributed by atoms with Gasteiger partial charge in [0.05, 0.1) is 31.8 Å². The molecule has 3 aliphatic heterocycles. The fraction of sp³-hybridized carbons (Fsp3) is 0.583. The number of halogens is 1. The van der Waals surface area contributed by atoms with Crippen LogP contribution in [0, 0.1) is 5.92 Å². The molecule has 2 amide bonds. The van der Waals surface area contributed by atoms with E-state index in [2.05, 4.69) is 4.98 Å². The molecule has 12 heteroatoms. The Kier molecular flexibility index (Phi) is 6.36. The van der Waals surface area contributed by atoms with Crippen molar-refractivity contribution in [3.8, 4) is 0 Å². The van der Waals surface area contributed by atoms with Crippen LogP contribution in [0.25, 0.3) is 10.9 Å². The first-order chi connectivity index (χ1) is 17.0. The molecular formula is C24H31ClN4O6S. The van der Waals surface area contributed by atoms with Crippen LogP contribution >= 0.6 is 11.6 Å². The lowest BCUT2D eigenvalue weighted by atomic mass is 9.90. The molecule has 1 unspecified atom stereocenters. The third-order valence-corrected chi connectivity index (χ3v) is 9.36. The number of aromatic nitrogens is 1. The van der Waals surface area contributed by atoms with Gasteiger partial charge in [-0.15, -0.1) is 0 Å². The van der Waals surface area contributed by atoms with E-state index in [9.17, 15) is 18.0 Å². The van der Waals surface area contributed by atoms with Crippen LogP contribution in [0.15, 0.2) is 29.3 Å². The zero-order valence-electron chi connectivity index (χ0n) is 20.6. The van der Waals surface area contributed by atoms with Gasteiger partial charge >= 0.3 is 0 Å². The summed E-state index contributed by atoms with van der Waals surface area (Å²) >= 11 is 6.06. The molecule has 196 valence electrons. The molecule has 3 saturated heterocycles. The molecule has 4 heterocycles. The predicted molar refractivity (Wildman–Crippen MR) is 133 cm³/mol. The molecule has 1 aromatic heterocycles. The molecular weight excluding hydrogens is 508 g/mol. The quantitative estimate of drug-likeness (QED) is 0.623. The Morgan fingerprint density at radius 1 is 1.22 bits per heavy atom. The standard InChI is InChI=1S/C24H31ClN4O6S/c1-16(2)22(31)27-8-6-23(7-9-27)13-29-21(30)12-28(14-24(29,35-23)15-34-3)36(32,33)20-11-17-10-18(25)4-5-19(17)26-20/h4-5,10-11,16,26H,6-9,12-15H2,1-3H3. The molecule has 2 aromatic rings. The molecule has 0 saturated carbocycles. The van der Waals surface area contributed by atoms with Crippen molar-refractivity contribution in [1.29, 1.82) is 0 Å². The minimum Gasteiger partial charge on any atom is -0.380 e. The van der Waals surface area contributed by atoms with Crippen molar-refractivity contribution in [1.82, 2.24) is 19.1 Å². The fourth-order valence-electron chi connectivity index (χ4n) is 5.59. The normalized spacial score (nSPS) is 24.8. The summed E-state index contributed by atoms with van der Waals surface area (Å²) in [4.78, 5) is 32.2. The van der Waals surface area contributed by atoms with Gasteiger partial charge in [-0.25, -0.2) is 8.42 Å². The van der Waals surface area contributed by atoms with Gasteiger partial charge in [0.1, 0.15) is 5.03 Å². The summed E-state index contributed by atoms with van der Waals surface area (Å²) in [6, 6.07) is 6.60. The highest BCUT2D eigenvalue weighted by molar-refractivity contribution is 7.89. The van der Waals surface area contributed by atoms with Gasteiger partial charge in [-0.05, 0) is 37.1 Å². The van der Waals surface area contributed by atoms with Gasteiger partial charge in [-0.2, -0.15) is 4.31 Å². The third kappa shape index (κ3) is 4.20. The lowest BCUT2D eigenvalue weighted by Crippen LogP contribution is -2.65. The molecule has 36 heavy (non-hydrogen) atoms. The zero-order chi connectivity index (χ0) is 25.9. The number of fused-ring (bicyclic) bond motifs is 2. The average molecular weight is 539 g/mol. The molecule has 0 aliphatic carbocycles. The second-order valence-corrected chi connectivity index (χ2v) is 12.6.